The number of amides is 1. The molecular weight excluding hydrogens is 438 g/mol. The lowest BCUT2D eigenvalue weighted by molar-refractivity contribution is -0.135. The highest BCUT2D eigenvalue weighted by atomic mass is 16.5. The summed E-state index contributed by atoms with van der Waals surface area (Å²) in [6.45, 7) is 2.60. The number of methoxy groups -OCH3 is 1. The molecule has 0 aliphatic carbocycles. The number of pyridine rings is 1. The average molecular weight is 472 g/mol. The Hall–Kier alpha value is -3.22. The van der Waals surface area contributed by atoms with Crippen LogP contribution in [0.2, 0.25) is 0 Å². The summed E-state index contributed by atoms with van der Waals surface area (Å²) in [5.74, 6) is 1.22. The molecule has 3 aromatic rings. The van der Waals surface area contributed by atoms with Crippen LogP contribution in [0.15, 0.2) is 73.1 Å². The number of fused-ring (bicyclic) bond motifs is 1. The lowest BCUT2D eigenvalue weighted by atomic mass is 9.74. The number of aromatic nitrogens is 1. The van der Waals surface area contributed by atoms with Crippen molar-refractivity contribution < 1.29 is 14.6 Å². The molecule has 0 bridgehead atoms. The van der Waals surface area contributed by atoms with Gasteiger partial charge in [0.1, 0.15) is 5.75 Å². The van der Waals surface area contributed by atoms with Crippen LogP contribution in [-0.2, 0) is 11.2 Å². The molecule has 3 atom stereocenters. The van der Waals surface area contributed by atoms with E-state index in [0.717, 1.165) is 48.4 Å². The lowest BCUT2D eigenvalue weighted by Crippen LogP contribution is -2.68. The van der Waals surface area contributed by atoms with Gasteiger partial charge >= 0.3 is 0 Å². The third-order valence-corrected chi connectivity index (χ3v) is 7.55. The van der Waals surface area contributed by atoms with E-state index in [1.54, 1.807) is 19.5 Å². The molecule has 182 valence electrons. The van der Waals surface area contributed by atoms with Crippen molar-refractivity contribution in [2.24, 2.45) is 0 Å². The van der Waals surface area contributed by atoms with Gasteiger partial charge < -0.3 is 14.7 Å². The third kappa shape index (κ3) is 4.95. The van der Waals surface area contributed by atoms with Crippen LogP contribution >= 0.6 is 0 Å². The van der Waals surface area contributed by atoms with Crippen LogP contribution in [0.5, 0.6) is 5.75 Å². The van der Waals surface area contributed by atoms with E-state index < -0.39 is 0 Å². The summed E-state index contributed by atoms with van der Waals surface area (Å²) < 4.78 is 5.27. The van der Waals surface area contributed by atoms with Gasteiger partial charge in [-0.05, 0) is 65.9 Å². The molecule has 2 aliphatic rings. The van der Waals surface area contributed by atoms with Gasteiger partial charge in [0.25, 0.3) is 0 Å². The maximum absolute atomic E-state index is 13.2. The van der Waals surface area contributed by atoms with Crippen molar-refractivity contribution in [2.45, 2.75) is 37.3 Å². The third-order valence-electron chi connectivity index (χ3n) is 7.55. The van der Waals surface area contributed by atoms with Gasteiger partial charge in [-0.1, -0.05) is 36.4 Å². The fraction of sp³-hybridized carbons (Fsp3) is 0.379. The first-order valence-corrected chi connectivity index (χ1v) is 12.5. The van der Waals surface area contributed by atoms with Crippen LogP contribution in [-0.4, -0.2) is 71.2 Å². The number of ether oxygens (including phenoxy) is 1. The van der Waals surface area contributed by atoms with E-state index in [9.17, 15) is 9.90 Å². The minimum atomic E-state index is 0.0992. The largest absolute Gasteiger partial charge is 0.497 e. The molecule has 0 radical (unpaired) electrons. The molecule has 1 N–H and O–H groups in total. The Labute approximate surface area is 207 Å². The summed E-state index contributed by atoms with van der Waals surface area (Å²) in [7, 11) is 1.67. The summed E-state index contributed by atoms with van der Waals surface area (Å²) >= 11 is 0. The Bertz CT molecular complexity index is 1120. The van der Waals surface area contributed by atoms with E-state index in [-0.39, 0.29) is 30.5 Å². The molecule has 2 aromatic carbocycles. The van der Waals surface area contributed by atoms with Gasteiger partial charge in [0.05, 0.1) is 20.1 Å². The molecule has 2 fully saturated rings. The first-order valence-electron chi connectivity index (χ1n) is 12.5. The van der Waals surface area contributed by atoms with Gasteiger partial charge in [-0.3, -0.25) is 14.7 Å². The van der Waals surface area contributed by atoms with Crippen molar-refractivity contribution in [1.29, 1.82) is 0 Å². The fourth-order valence-electron chi connectivity index (χ4n) is 5.64. The SMILES string of the molecule is COc1ccc(-c2ccc([C@H]3[C@H]4CN(C(=O)Cc5ccncc5)CCCCN4[C@H]3CO)cc2)cc1. The molecule has 35 heavy (non-hydrogen) atoms. The first kappa shape index (κ1) is 23.5. The number of aliphatic hydroxyl groups excluding tert-OH is 1. The van der Waals surface area contributed by atoms with E-state index >= 15 is 0 Å². The van der Waals surface area contributed by atoms with Crippen molar-refractivity contribution in [2.75, 3.05) is 33.4 Å². The average Bonchev–Trinajstić information content (AvgIpc) is 2.89. The van der Waals surface area contributed by atoms with Crippen LogP contribution in [0, 0.1) is 0 Å². The number of rotatable bonds is 6. The van der Waals surface area contributed by atoms with Crippen molar-refractivity contribution in [3.05, 3.63) is 84.2 Å². The predicted molar refractivity (Wildman–Crippen MR) is 136 cm³/mol. The molecule has 0 unspecified atom stereocenters. The Morgan fingerprint density at radius 2 is 1.63 bits per heavy atom. The van der Waals surface area contributed by atoms with E-state index in [4.69, 9.17) is 4.74 Å². The molecule has 6 nitrogen and oxygen atoms in total. The van der Waals surface area contributed by atoms with Gasteiger partial charge in [-0.2, -0.15) is 0 Å². The minimum absolute atomic E-state index is 0.0992. The zero-order valence-electron chi connectivity index (χ0n) is 20.2. The Morgan fingerprint density at radius 1 is 0.971 bits per heavy atom. The van der Waals surface area contributed by atoms with Crippen LogP contribution in [0.4, 0.5) is 0 Å². The van der Waals surface area contributed by atoms with E-state index in [2.05, 4.69) is 46.3 Å². The van der Waals surface area contributed by atoms with Crippen LogP contribution in [0.25, 0.3) is 11.1 Å². The quantitative estimate of drug-likeness (QED) is 0.593. The molecule has 0 saturated carbocycles. The maximum atomic E-state index is 13.2. The molecule has 5 rings (SSSR count). The summed E-state index contributed by atoms with van der Waals surface area (Å²) in [6, 6.07) is 20.9. The molecule has 0 spiro atoms. The molecule has 1 amide bonds. The predicted octanol–water partition coefficient (Wildman–Crippen LogP) is 3.75. The van der Waals surface area contributed by atoms with Crippen LogP contribution in [0.3, 0.4) is 0 Å². The highest BCUT2D eigenvalue weighted by Gasteiger charge is 2.49. The highest BCUT2D eigenvalue weighted by molar-refractivity contribution is 5.78. The normalized spacial score (nSPS) is 22.5. The van der Waals surface area contributed by atoms with Gasteiger partial charge in [0, 0.05) is 43.5 Å². The Kier molecular flexibility index (Phi) is 7.11. The molecule has 3 heterocycles. The van der Waals surface area contributed by atoms with Gasteiger partial charge in [-0.25, -0.2) is 0 Å². The zero-order chi connectivity index (χ0) is 24.2. The fourth-order valence-corrected chi connectivity index (χ4v) is 5.64. The summed E-state index contributed by atoms with van der Waals surface area (Å²) in [5.41, 5.74) is 4.52. The Morgan fingerprint density at radius 3 is 2.29 bits per heavy atom. The summed E-state index contributed by atoms with van der Waals surface area (Å²) in [5, 5.41) is 10.2. The molecular formula is C29H33N3O3. The first-order chi connectivity index (χ1) is 17.2. The van der Waals surface area contributed by atoms with Crippen molar-refractivity contribution >= 4 is 5.91 Å². The van der Waals surface area contributed by atoms with Crippen molar-refractivity contribution in [1.82, 2.24) is 14.8 Å². The number of benzene rings is 2. The second-order valence-corrected chi connectivity index (χ2v) is 9.51. The Balaban J connectivity index is 1.33. The number of hydrogen-bond donors (Lipinski definition) is 1. The molecule has 2 saturated heterocycles. The van der Waals surface area contributed by atoms with E-state index in [0.29, 0.717) is 13.0 Å². The van der Waals surface area contributed by atoms with E-state index in [1.807, 2.05) is 29.2 Å². The minimum Gasteiger partial charge on any atom is -0.497 e. The van der Waals surface area contributed by atoms with Crippen molar-refractivity contribution in [3.63, 3.8) is 0 Å². The standard InChI is InChI=1S/C29H33N3O3/c1-35-25-10-8-23(9-11-25)22-4-6-24(7-5-22)29-26-19-31(16-2-3-17-32(26)27(29)20-33)28(34)18-21-12-14-30-15-13-21/h4-15,26-27,29,33H,2-3,16-20H2,1H3/t26-,27+,29+/m1/s1. The number of nitrogens with zero attached hydrogens (tertiary/aromatic N) is 3. The molecule has 2 aliphatic heterocycles. The summed E-state index contributed by atoms with van der Waals surface area (Å²) in [4.78, 5) is 21.7. The second kappa shape index (κ2) is 10.6. The van der Waals surface area contributed by atoms with E-state index in [1.165, 1.54) is 5.56 Å². The highest BCUT2D eigenvalue weighted by Crippen LogP contribution is 2.42. The second-order valence-electron chi connectivity index (χ2n) is 9.51. The summed E-state index contributed by atoms with van der Waals surface area (Å²) in [6.07, 6.45) is 5.90. The topological polar surface area (TPSA) is 65.9 Å². The maximum Gasteiger partial charge on any atom is 0.227 e. The molecule has 1 aromatic heterocycles. The van der Waals surface area contributed by atoms with Crippen LogP contribution in [0.1, 0.15) is 29.9 Å². The van der Waals surface area contributed by atoms with Gasteiger partial charge in [-0.15, -0.1) is 0 Å². The zero-order valence-corrected chi connectivity index (χ0v) is 20.2. The van der Waals surface area contributed by atoms with Gasteiger partial charge in [0.2, 0.25) is 5.91 Å². The van der Waals surface area contributed by atoms with Crippen LogP contribution < -0.4 is 4.74 Å². The lowest BCUT2D eigenvalue weighted by Gasteiger charge is -2.57. The monoisotopic (exact) mass is 471 g/mol. The van der Waals surface area contributed by atoms with Crippen molar-refractivity contribution in [3.8, 4) is 16.9 Å². The number of carbonyl (C=O) groups excluding carboxylic acids is 1. The number of carbonyl (C=O) groups is 1. The number of aliphatic hydroxyl groups is 1. The molecule has 6 heteroatoms. The number of hydrogen-bond acceptors (Lipinski definition) is 5. The van der Waals surface area contributed by atoms with Gasteiger partial charge in [0.15, 0.2) is 0 Å². The smallest absolute Gasteiger partial charge is 0.227 e.